The minimum absolute atomic E-state index is 0.0920. The van der Waals surface area contributed by atoms with E-state index in [0.717, 1.165) is 23.1 Å². The van der Waals surface area contributed by atoms with Crippen molar-refractivity contribution in [1.82, 2.24) is 0 Å². The Hall–Kier alpha value is -1.41. The van der Waals surface area contributed by atoms with E-state index in [9.17, 15) is 9.90 Å². The average Bonchev–Trinajstić information content (AvgIpc) is 2.43. The standard InChI is InChI=1S/C17H24O2/c1-5-13(11-16(18)6-2)17(19)15-9-7-14(8-10-15)12(3)4/h7-10,13,16,18H,3,5-6,11H2,1-2,4H3. The molecule has 2 unspecified atom stereocenters. The summed E-state index contributed by atoms with van der Waals surface area (Å²) < 4.78 is 0. The van der Waals surface area contributed by atoms with E-state index < -0.39 is 0 Å². The number of allylic oxidation sites excluding steroid dienone is 1. The molecule has 0 radical (unpaired) electrons. The third-order valence-corrected chi connectivity index (χ3v) is 3.55. The molecule has 0 aromatic heterocycles. The van der Waals surface area contributed by atoms with Gasteiger partial charge in [0.05, 0.1) is 6.10 Å². The van der Waals surface area contributed by atoms with Gasteiger partial charge >= 0.3 is 0 Å². The van der Waals surface area contributed by atoms with Crippen LogP contribution in [0.4, 0.5) is 0 Å². The number of ketones is 1. The van der Waals surface area contributed by atoms with Gasteiger partial charge in [0.25, 0.3) is 0 Å². The van der Waals surface area contributed by atoms with E-state index in [-0.39, 0.29) is 17.8 Å². The molecule has 1 N–H and O–H groups in total. The van der Waals surface area contributed by atoms with Crippen LogP contribution in [-0.2, 0) is 0 Å². The van der Waals surface area contributed by atoms with Crippen LogP contribution in [0.25, 0.3) is 5.57 Å². The van der Waals surface area contributed by atoms with Crippen molar-refractivity contribution >= 4 is 11.4 Å². The van der Waals surface area contributed by atoms with Gasteiger partial charge in [-0.3, -0.25) is 4.79 Å². The fourth-order valence-corrected chi connectivity index (χ4v) is 2.11. The van der Waals surface area contributed by atoms with E-state index in [1.54, 1.807) is 0 Å². The molecule has 2 atom stereocenters. The second-order valence-corrected chi connectivity index (χ2v) is 5.12. The van der Waals surface area contributed by atoms with Gasteiger partial charge in [-0.25, -0.2) is 0 Å². The zero-order valence-corrected chi connectivity index (χ0v) is 12.1. The average molecular weight is 260 g/mol. The first-order valence-electron chi connectivity index (χ1n) is 6.97. The minimum atomic E-state index is -0.386. The number of Topliss-reactive ketones (excluding diaryl/α,β-unsaturated/α-hetero) is 1. The van der Waals surface area contributed by atoms with Gasteiger partial charge < -0.3 is 5.11 Å². The highest BCUT2D eigenvalue weighted by Gasteiger charge is 2.20. The maximum Gasteiger partial charge on any atom is 0.166 e. The van der Waals surface area contributed by atoms with Crippen LogP contribution in [0.2, 0.25) is 0 Å². The second kappa shape index (κ2) is 7.25. The third-order valence-electron chi connectivity index (χ3n) is 3.55. The summed E-state index contributed by atoms with van der Waals surface area (Å²) in [6.07, 6.45) is 1.62. The molecule has 19 heavy (non-hydrogen) atoms. The predicted molar refractivity (Wildman–Crippen MR) is 80.2 cm³/mol. The lowest BCUT2D eigenvalue weighted by molar-refractivity contribution is 0.0823. The zero-order chi connectivity index (χ0) is 14.4. The van der Waals surface area contributed by atoms with Gasteiger partial charge in [0.1, 0.15) is 0 Å². The lowest BCUT2D eigenvalue weighted by Crippen LogP contribution is -2.20. The van der Waals surface area contributed by atoms with Gasteiger partial charge in [-0.1, -0.05) is 50.3 Å². The number of hydrogen-bond acceptors (Lipinski definition) is 2. The molecule has 2 heteroatoms. The van der Waals surface area contributed by atoms with Crippen LogP contribution in [0.3, 0.4) is 0 Å². The highest BCUT2D eigenvalue weighted by atomic mass is 16.3. The molecule has 2 nitrogen and oxygen atoms in total. The van der Waals surface area contributed by atoms with Crippen LogP contribution < -0.4 is 0 Å². The normalized spacial score (nSPS) is 13.9. The maximum atomic E-state index is 12.4. The lowest BCUT2D eigenvalue weighted by Gasteiger charge is -2.17. The second-order valence-electron chi connectivity index (χ2n) is 5.12. The number of aliphatic hydroxyl groups excluding tert-OH is 1. The molecule has 0 fully saturated rings. The Morgan fingerprint density at radius 1 is 1.16 bits per heavy atom. The molecule has 0 bridgehead atoms. The molecule has 0 heterocycles. The van der Waals surface area contributed by atoms with E-state index in [0.29, 0.717) is 12.8 Å². The predicted octanol–water partition coefficient (Wildman–Crippen LogP) is 4.09. The Labute approximate surface area is 116 Å². The largest absolute Gasteiger partial charge is 0.393 e. The van der Waals surface area contributed by atoms with Crippen molar-refractivity contribution < 1.29 is 9.90 Å². The summed E-state index contributed by atoms with van der Waals surface area (Å²) in [7, 11) is 0. The lowest BCUT2D eigenvalue weighted by atomic mass is 9.89. The van der Waals surface area contributed by atoms with Crippen molar-refractivity contribution in [2.24, 2.45) is 5.92 Å². The van der Waals surface area contributed by atoms with Crippen molar-refractivity contribution in [1.29, 1.82) is 0 Å². The fraction of sp³-hybridized carbons (Fsp3) is 0.471. The van der Waals surface area contributed by atoms with Crippen LogP contribution in [0.15, 0.2) is 30.8 Å². The van der Waals surface area contributed by atoms with Gasteiger partial charge in [0, 0.05) is 11.5 Å². The number of benzene rings is 1. The first kappa shape index (κ1) is 15.6. The first-order chi connectivity index (χ1) is 8.99. The molecule has 104 valence electrons. The summed E-state index contributed by atoms with van der Waals surface area (Å²) in [5.41, 5.74) is 2.77. The third kappa shape index (κ3) is 4.32. The monoisotopic (exact) mass is 260 g/mol. The number of carbonyl (C=O) groups excluding carboxylic acids is 1. The Morgan fingerprint density at radius 3 is 2.11 bits per heavy atom. The van der Waals surface area contributed by atoms with Crippen LogP contribution in [0.5, 0.6) is 0 Å². The molecule has 1 rings (SSSR count). The van der Waals surface area contributed by atoms with Crippen molar-refractivity contribution in [3.05, 3.63) is 42.0 Å². The Bertz CT molecular complexity index is 431. The first-order valence-corrected chi connectivity index (χ1v) is 6.97. The summed E-state index contributed by atoms with van der Waals surface area (Å²) in [6.45, 7) is 9.76. The summed E-state index contributed by atoms with van der Waals surface area (Å²) in [5.74, 6) is 0.0360. The molecule has 1 aromatic carbocycles. The summed E-state index contributed by atoms with van der Waals surface area (Å²) in [6, 6.07) is 7.57. The van der Waals surface area contributed by atoms with E-state index in [1.807, 2.05) is 45.0 Å². The Morgan fingerprint density at radius 2 is 1.68 bits per heavy atom. The molecule has 1 aromatic rings. The molecule has 0 amide bonds. The molecular weight excluding hydrogens is 236 g/mol. The van der Waals surface area contributed by atoms with Gasteiger partial charge in [-0.2, -0.15) is 0 Å². The Kier molecular flexibility index (Phi) is 5.97. The van der Waals surface area contributed by atoms with E-state index >= 15 is 0 Å². The molecule has 0 saturated heterocycles. The summed E-state index contributed by atoms with van der Waals surface area (Å²) in [5, 5.41) is 9.71. The Balaban J connectivity index is 2.82. The molecule has 0 spiro atoms. The highest BCUT2D eigenvalue weighted by molar-refractivity contribution is 5.98. The summed E-state index contributed by atoms with van der Waals surface area (Å²) in [4.78, 5) is 12.4. The van der Waals surface area contributed by atoms with Gasteiger partial charge in [0.2, 0.25) is 0 Å². The number of carbonyl (C=O) groups is 1. The van der Waals surface area contributed by atoms with Crippen molar-refractivity contribution in [2.75, 3.05) is 0 Å². The number of rotatable bonds is 7. The van der Waals surface area contributed by atoms with Crippen molar-refractivity contribution in [3.63, 3.8) is 0 Å². The minimum Gasteiger partial charge on any atom is -0.393 e. The van der Waals surface area contributed by atoms with Gasteiger partial charge in [-0.15, -0.1) is 0 Å². The van der Waals surface area contributed by atoms with Gasteiger partial charge in [-0.05, 0) is 31.7 Å². The quantitative estimate of drug-likeness (QED) is 0.750. The SMILES string of the molecule is C=C(C)c1ccc(C(=O)C(CC)CC(O)CC)cc1. The number of aliphatic hydroxyl groups is 1. The summed E-state index contributed by atoms with van der Waals surface area (Å²) >= 11 is 0. The van der Waals surface area contributed by atoms with Crippen molar-refractivity contribution in [2.45, 2.75) is 46.1 Å². The molecule has 0 aliphatic rings. The van der Waals surface area contributed by atoms with Crippen LogP contribution in [0, 0.1) is 5.92 Å². The molecule has 0 aliphatic carbocycles. The van der Waals surface area contributed by atoms with E-state index in [2.05, 4.69) is 6.58 Å². The van der Waals surface area contributed by atoms with Crippen molar-refractivity contribution in [3.8, 4) is 0 Å². The van der Waals surface area contributed by atoms with Crippen LogP contribution >= 0.6 is 0 Å². The fourth-order valence-electron chi connectivity index (χ4n) is 2.11. The zero-order valence-electron chi connectivity index (χ0n) is 12.1. The van der Waals surface area contributed by atoms with Crippen LogP contribution in [-0.4, -0.2) is 17.0 Å². The maximum absolute atomic E-state index is 12.4. The van der Waals surface area contributed by atoms with Gasteiger partial charge in [0.15, 0.2) is 5.78 Å². The van der Waals surface area contributed by atoms with E-state index in [1.165, 1.54) is 0 Å². The molecule has 0 aliphatic heterocycles. The van der Waals surface area contributed by atoms with E-state index in [4.69, 9.17) is 0 Å². The topological polar surface area (TPSA) is 37.3 Å². The highest BCUT2D eigenvalue weighted by Crippen LogP contribution is 2.20. The van der Waals surface area contributed by atoms with Crippen LogP contribution in [0.1, 0.15) is 56.0 Å². The smallest absolute Gasteiger partial charge is 0.166 e. The number of hydrogen-bond donors (Lipinski definition) is 1. The molecular formula is C17H24O2. The molecule has 0 saturated carbocycles.